The van der Waals surface area contributed by atoms with Crippen LogP contribution in [0.2, 0.25) is 0 Å². The molecule has 5 nitrogen and oxygen atoms in total. The lowest BCUT2D eigenvalue weighted by Crippen LogP contribution is -2.01. The molecule has 12 aromatic rings. The summed E-state index contributed by atoms with van der Waals surface area (Å²) in [5, 5.41) is 9.43. The number of furan rings is 2. The second-order valence-electron chi connectivity index (χ2n) is 14.3. The number of hydrogen-bond donors (Lipinski definition) is 0. The molecule has 0 saturated carbocycles. The van der Waals surface area contributed by atoms with Crippen molar-refractivity contribution in [1.82, 2.24) is 14.1 Å². The second-order valence-corrected chi connectivity index (χ2v) is 14.3. The van der Waals surface area contributed by atoms with E-state index in [0.29, 0.717) is 0 Å². The average Bonchev–Trinajstić information content (AvgIpc) is 3.97. The van der Waals surface area contributed by atoms with Crippen LogP contribution in [0.1, 0.15) is 5.56 Å². The molecular weight excluding hydrogens is 663 g/mol. The molecule has 0 amide bonds. The molecule has 0 radical (unpaired) electrons. The molecule has 0 spiro atoms. The molecule has 0 N–H and O–H groups in total. The number of pyridine rings is 1. The number of aryl methyl sites for hydroxylation is 2. The number of nitrogens with zero attached hydrogens (tertiary/aromatic N) is 3. The minimum atomic E-state index is 0.862. The molecule has 12 rings (SSSR count). The van der Waals surface area contributed by atoms with Crippen molar-refractivity contribution in [3.05, 3.63) is 170 Å². The van der Waals surface area contributed by atoms with Gasteiger partial charge in [-0.05, 0) is 89.8 Å². The van der Waals surface area contributed by atoms with Gasteiger partial charge >= 0.3 is 0 Å². The topological polar surface area (TPSA) is 49.0 Å². The summed E-state index contributed by atoms with van der Waals surface area (Å²) < 4.78 is 17.4. The van der Waals surface area contributed by atoms with Crippen LogP contribution in [-0.4, -0.2) is 14.1 Å². The van der Waals surface area contributed by atoms with Gasteiger partial charge in [-0.2, -0.15) is 0 Å². The average molecular weight is 694 g/mol. The molecule has 5 aromatic heterocycles. The molecular formula is C49H31N3O2. The fraction of sp³-hybridized carbons (Fsp3) is 0.0408. The highest BCUT2D eigenvalue weighted by Crippen LogP contribution is 2.39. The van der Waals surface area contributed by atoms with E-state index in [1.807, 2.05) is 18.3 Å². The van der Waals surface area contributed by atoms with Crippen LogP contribution < -0.4 is 0 Å². The third-order valence-electron chi connectivity index (χ3n) is 11.4. The Morgan fingerprint density at radius 3 is 2.00 bits per heavy atom. The van der Waals surface area contributed by atoms with Gasteiger partial charge in [0.25, 0.3) is 0 Å². The monoisotopic (exact) mass is 693 g/mol. The standard InChI is InChI=1S/C49H31N3O2/c1-4-12-41-33(8-1)38-27-31(32-18-21-47-39(28-32)40-29-50-24-22-48(40)53-47)17-20-42(38)51(41)25-23-30-16-19-44-37(26-30)34-9-2-5-13-43(34)52(44)45-14-7-11-36-35-10-3-6-15-46(35)54-49(36)45/h1-22,24,26-29H,23,25H2. The predicted molar refractivity (Wildman–Crippen MR) is 222 cm³/mol. The first-order valence-electron chi connectivity index (χ1n) is 18.5. The molecule has 5 heteroatoms. The summed E-state index contributed by atoms with van der Waals surface area (Å²) in [4.78, 5) is 4.35. The Labute approximate surface area is 308 Å². The summed E-state index contributed by atoms with van der Waals surface area (Å²) in [6.45, 7) is 0.867. The van der Waals surface area contributed by atoms with Crippen molar-refractivity contribution >= 4 is 87.5 Å². The minimum absolute atomic E-state index is 0.862. The molecule has 0 saturated heterocycles. The van der Waals surface area contributed by atoms with Crippen molar-refractivity contribution in [3.63, 3.8) is 0 Å². The van der Waals surface area contributed by atoms with Gasteiger partial charge in [0.2, 0.25) is 0 Å². The van der Waals surface area contributed by atoms with Crippen molar-refractivity contribution in [1.29, 1.82) is 0 Å². The van der Waals surface area contributed by atoms with Gasteiger partial charge < -0.3 is 18.0 Å². The fourth-order valence-electron chi connectivity index (χ4n) is 8.86. The summed E-state index contributed by atoms with van der Waals surface area (Å²) in [6, 6.07) is 54.5. The number of benzene rings is 7. The maximum Gasteiger partial charge on any atom is 0.159 e. The Morgan fingerprint density at radius 2 is 1.09 bits per heavy atom. The van der Waals surface area contributed by atoms with Crippen LogP contribution in [0.5, 0.6) is 0 Å². The van der Waals surface area contributed by atoms with Crippen LogP contribution in [0.15, 0.2) is 173 Å². The first-order valence-corrected chi connectivity index (χ1v) is 18.5. The fourth-order valence-corrected chi connectivity index (χ4v) is 8.86. The summed E-state index contributed by atoms with van der Waals surface area (Å²) in [5.74, 6) is 0. The molecule has 5 heterocycles. The van der Waals surface area contributed by atoms with E-state index in [4.69, 9.17) is 8.83 Å². The Balaban J connectivity index is 0.940. The van der Waals surface area contributed by atoms with Gasteiger partial charge in [0.1, 0.15) is 16.7 Å². The highest BCUT2D eigenvalue weighted by atomic mass is 16.3. The lowest BCUT2D eigenvalue weighted by Gasteiger charge is -2.10. The van der Waals surface area contributed by atoms with E-state index in [-0.39, 0.29) is 0 Å². The first-order chi connectivity index (χ1) is 26.8. The molecule has 0 aliphatic carbocycles. The summed E-state index contributed by atoms with van der Waals surface area (Å²) >= 11 is 0. The normalized spacial score (nSPS) is 12.2. The third-order valence-corrected chi connectivity index (χ3v) is 11.4. The second kappa shape index (κ2) is 11.2. The Morgan fingerprint density at radius 1 is 0.444 bits per heavy atom. The molecule has 54 heavy (non-hydrogen) atoms. The van der Waals surface area contributed by atoms with Crippen LogP contribution in [-0.2, 0) is 13.0 Å². The molecule has 0 atom stereocenters. The van der Waals surface area contributed by atoms with Crippen molar-refractivity contribution in [2.24, 2.45) is 0 Å². The lowest BCUT2D eigenvalue weighted by molar-refractivity contribution is 0.666. The molecule has 0 unspecified atom stereocenters. The van der Waals surface area contributed by atoms with Crippen LogP contribution in [0, 0.1) is 0 Å². The lowest BCUT2D eigenvalue weighted by atomic mass is 10.0. The maximum absolute atomic E-state index is 6.51. The molecule has 254 valence electrons. The third kappa shape index (κ3) is 4.24. The Bertz CT molecular complexity index is 3470. The van der Waals surface area contributed by atoms with Gasteiger partial charge in [0, 0.05) is 73.1 Å². The molecule has 7 aromatic carbocycles. The summed E-state index contributed by atoms with van der Waals surface area (Å²) in [6.07, 6.45) is 4.57. The number of fused-ring (bicyclic) bond motifs is 12. The van der Waals surface area contributed by atoms with Crippen LogP contribution in [0.3, 0.4) is 0 Å². The number of hydrogen-bond acceptors (Lipinski definition) is 3. The van der Waals surface area contributed by atoms with Crippen LogP contribution in [0.4, 0.5) is 0 Å². The van der Waals surface area contributed by atoms with E-state index in [9.17, 15) is 0 Å². The summed E-state index contributed by atoms with van der Waals surface area (Å²) in [5.41, 5.74) is 13.1. The van der Waals surface area contributed by atoms with Gasteiger partial charge in [-0.15, -0.1) is 0 Å². The summed E-state index contributed by atoms with van der Waals surface area (Å²) in [7, 11) is 0. The maximum atomic E-state index is 6.51. The number of rotatable bonds is 5. The van der Waals surface area contributed by atoms with Crippen molar-refractivity contribution < 1.29 is 8.83 Å². The van der Waals surface area contributed by atoms with Gasteiger partial charge in [0.05, 0.1) is 16.7 Å². The van der Waals surface area contributed by atoms with E-state index in [1.54, 1.807) is 6.20 Å². The zero-order valence-corrected chi connectivity index (χ0v) is 29.2. The van der Waals surface area contributed by atoms with Crippen molar-refractivity contribution in [2.45, 2.75) is 13.0 Å². The first kappa shape index (κ1) is 29.5. The van der Waals surface area contributed by atoms with E-state index in [0.717, 1.165) is 68.1 Å². The zero-order chi connectivity index (χ0) is 35.3. The van der Waals surface area contributed by atoms with Gasteiger partial charge in [-0.25, -0.2) is 0 Å². The van der Waals surface area contributed by atoms with Crippen molar-refractivity contribution in [3.8, 4) is 16.8 Å². The van der Waals surface area contributed by atoms with Crippen LogP contribution in [0.25, 0.3) is 104 Å². The minimum Gasteiger partial charge on any atom is -0.456 e. The van der Waals surface area contributed by atoms with Gasteiger partial charge in [0.15, 0.2) is 5.58 Å². The molecule has 0 aliphatic rings. The van der Waals surface area contributed by atoms with E-state index in [2.05, 4.69) is 154 Å². The highest BCUT2D eigenvalue weighted by molar-refractivity contribution is 6.13. The number of para-hydroxylation sites is 4. The quantitative estimate of drug-likeness (QED) is 0.180. The van der Waals surface area contributed by atoms with E-state index in [1.165, 1.54) is 54.7 Å². The van der Waals surface area contributed by atoms with E-state index >= 15 is 0 Å². The predicted octanol–water partition coefficient (Wildman–Crippen LogP) is 13.0. The van der Waals surface area contributed by atoms with E-state index < -0.39 is 0 Å². The Hall–Kier alpha value is -7.11. The Kier molecular flexibility index (Phi) is 6.11. The molecule has 0 fully saturated rings. The van der Waals surface area contributed by atoms with Crippen LogP contribution >= 0.6 is 0 Å². The zero-order valence-electron chi connectivity index (χ0n) is 29.2. The molecule has 0 bridgehead atoms. The van der Waals surface area contributed by atoms with Gasteiger partial charge in [-0.3, -0.25) is 4.98 Å². The smallest absolute Gasteiger partial charge is 0.159 e. The highest BCUT2D eigenvalue weighted by Gasteiger charge is 2.19. The number of aromatic nitrogens is 3. The largest absolute Gasteiger partial charge is 0.456 e. The molecule has 0 aliphatic heterocycles. The van der Waals surface area contributed by atoms with Crippen molar-refractivity contribution in [2.75, 3.05) is 0 Å². The van der Waals surface area contributed by atoms with Gasteiger partial charge in [-0.1, -0.05) is 84.9 Å². The SMILES string of the molecule is c1ccc2c(c1)oc1c(-n3c4ccccc4c4cc(CCn5c6ccccc6c6cc(-c7ccc8oc9ccncc9c8c7)ccc65)ccc43)cccc12.